The minimum atomic E-state index is -3.86. The average molecular weight is 453 g/mol. The second-order valence-corrected chi connectivity index (χ2v) is 9.76. The molecule has 1 aromatic carbocycles. The molecule has 2 aliphatic heterocycles. The van der Waals surface area contributed by atoms with E-state index in [1.807, 2.05) is 6.20 Å². The van der Waals surface area contributed by atoms with E-state index in [0.29, 0.717) is 6.61 Å². The van der Waals surface area contributed by atoms with Crippen molar-refractivity contribution in [2.45, 2.75) is 56.2 Å². The maximum absolute atomic E-state index is 12.7. The van der Waals surface area contributed by atoms with Gasteiger partial charge in [-0.15, -0.1) is 0 Å². The number of aryl methyl sites for hydroxylation is 2. The predicted octanol–water partition coefficient (Wildman–Crippen LogP) is 2.26. The van der Waals surface area contributed by atoms with Gasteiger partial charge in [0.05, 0.1) is 23.4 Å². The van der Waals surface area contributed by atoms with Gasteiger partial charge in [-0.2, -0.15) is 0 Å². The number of ether oxygens (including phenoxy) is 1. The summed E-state index contributed by atoms with van der Waals surface area (Å²) < 4.78 is 35.5. The standard InChI is InChI=1S/C20H25ClN4O4S/c21-17-7-6-14(10-18(17)30(27,28)23-12-16-4-3-9-29-16)20(26)22-11-15-13-25-8-2-1-5-19(25)24-15/h6-7,10,13,16,23H,1-5,8-9,11-12H2,(H,22,26). The van der Waals surface area contributed by atoms with E-state index < -0.39 is 10.0 Å². The van der Waals surface area contributed by atoms with Crippen molar-refractivity contribution in [2.24, 2.45) is 0 Å². The number of nitrogens with one attached hydrogen (secondary N) is 2. The highest BCUT2D eigenvalue weighted by Crippen LogP contribution is 2.23. The highest BCUT2D eigenvalue weighted by atomic mass is 35.5. The Labute approximate surface area is 181 Å². The molecule has 1 amide bonds. The molecule has 0 saturated carbocycles. The lowest BCUT2D eigenvalue weighted by Gasteiger charge is -2.13. The van der Waals surface area contributed by atoms with Gasteiger partial charge >= 0.3 is 0 Å². The minimum absolute atomic E-state index is 0.0631. The first-order valence-corrected chi connectivity index (χ1v) is 12.0. The van der Waals surface area contributed by atoms with Crippen LogP contribution >= 0.6 is 11.6 Å². The maximum atomic E-state index is 12.7. The van der Waals surface area contributed by atoms with E-state index in [9.17, 15) is 13.2 Å². The predicted molar refractivity (Wildman–Crippen MR) is 112 cm³/mol. The molecule has 1 aromatic heterocycles. The number of hydrogen-bond acceptors (Lipinski definition) is 5. The van der Waals surface area contributed by atoms with Gasteiger partial charge in [0.1, 0.15) is 10.7 Å². The maximum Gasteiger partial charge on any atom is 0.251 e. The summed E-state index contributed by atoms with van der Waals surface area (Å²) in [6.07, 6.45) is 6.78. The summed E-state index contributed by atoms with van der Waals surface area (Å²) in [6.45, 7) is 2.05. The number of sulfonamides is 1. The van der Waals surface area contributed by atoms with Crippen molar-refractivity contribution in [1.82, 2.24) is 19.6 Å². The number of benzene rings is 1. The summed E-state index contributed by atoms with van der Waals surface area (Å²) >= 11 is 6.12. The molecule has 2 N–H and O–H groups in total. The molecule has 1 fully saturated rings. The van der Waals surface area contributed by atoms with Gasteiger partial charge in [0.2, 0.25) is 10.0 Å². The van der Waals surface area contributed by atoms with Crippen LogP contribution in [0.1, 0.15) is 47.6 Å². The number of hydrogen-bond donors (Lipinski definition) is 2. The van der Waals surface area contributed by atoms with Crippen LogP contribution in [0.4, 0.5) is 0 Å². The molecule has 1 unspecified atom stereocenters. The molecule has 10 heteroatoms. The molecule has 0 aliphatic carbocycles. The largest absolute Gasteiger partial charge is 0.377 e. The normalized spacial score (nSPS) is 18.9. The highest BCUT2D eigenvalue weighted by Gasteiger charge is 2.23. The van der Waals surface area contributed by atoms with E-state index in [0.717, 1.165) is 50.2 Å². The number of nitrogens with zero attached hydrogens (tertiary/aromatic N) is 2. The van der Waals surface area contributed by atoms with Gasteiger partial charge in [-0.25, -0.2) is 18.1 Å². The van der Waals surface area contributed by atoms with Crippen molar-refractivity contribution < 1.29 is 17.9 Å². The third-order valence-electron chi connectivity index (χ3n) is 5.40. The average Bonchev–Trinajstić information content (AvgIpc) is 3.40. The zero-order valence-corrected chi connectivity index (χ0v) is 18.1. The molecule has 30 heavy (non-hydrogen) atoms. The van der Waals surface area contributed by atoms with Crippen LogP contribution < -0.4 is 10.0 Å². The molecule has 162 valence electrons. The van der Waals surface area contributed by atoms with E-state index in [4.69, 9.17) is 16.3 Å². The molecular formula is C20H25ClN4O4S. The molecule has 0 bridgehead atoms. The zero-order valence-electron chi connectivity index (χ0n) is 16.6. The van der Waals surface area contributed by atoms with E-state index in [-0.39, 0.29) is 40.6 Å². The molecule has 1 atom stereocenters. The van der Waals surface area contributed by atoms with Gasteiger partial charge in [-0.3, -0.25) is 4.79 Å². The molecular weight excluding hydrogens is 428 g/mol. The van der Waals surface area contributed by atoms with Crippen LogP contribution in [0.3, 0.4) is 0 Å². The Morgan fingerprint density at radius 2 is 2.17 bits per heavy atom. The Kier molecular flexibility index (Phi) is 6.43. The minimum Gasteiger partial charge on any atom is -0.377 e. The summed E-state index contributed by atoms with van der Waals surface area (Å²) in [7, 11) is -3.86. The number of aromatic nitrogens is 2. The summed E-state index contributed by atoms with van der Waals surface area (Å²) in [5.74, 6) is 0.663. The number of imidazole rings is 1. The fraction of sp³-hybridized carbons (Fsp3) is 0.500. The first-order chi connectivity index (χ1) is 14.4. The quantitative estimate of drug-likeness (QED) is 0.670. The van der Waals surface area contributed by atoms with Gasteiger partial charge in [0, 0.05) is 37.9 Å². The molecule has 3 heterocycles. The van der Waals surface area contributed by atoms with Crippen molar-refractivity contribution in [1.29, 1.82) is 0 Å². The molecule has 4 rings (SSSR count). The number of halogens is 1. The van der Waals surface area contributed by atoms with Crippen LogP contribution in [0.5, 0.6) is 0 Å². The number of carbonyl (C=O) groups excluding carboxylic acids is 1. The number of fused-ring (bicyclic) bond motifs is 1. The molecule has 1 saturated heterocycles. The number of carbonyl (C=O) groups is 1. The van der Waals surface area contributed by atoms with Crippen molar-refractivity contribution >= 4 is 27.5 Å². The summed E-state index contributed by atoms with van der Waals surface area (Å²) in [5, 5.41) is 2.87. The van der Waals surface area contributed by atoms with E-state index in [1.54, 1.807) is 0 Å². The van der Waals surface area contributed by atoms with Gasteiger partial charge in [0.25, 0.3) is 5.91 Å². The van der Waals surface area contributed by atoms with E-state index in [1.165, 1.54) is 18.2 Å². The second kappa shape index (κ2) is 9.05. The van der Waals surface area contributed by atoms with Crippen LogP contribution in [-0.4, -0.2) is 43.1 Å². The van der Waals surface area contributed by atoms with Crippen LogP contribution in [0, 0.1) is 0 Å². The van der Waals surface area contributed by atoms with Crippen LogP contribution in [0.15, 0.2) is 29.3 Å². The molecule has 8 nitrogen and oxygen atoms in total. The fourth-order valence-electron chi connectivity index (χ4n) is 3.77. The van der Waals surface area contributed by atoms with E-state index >= 15 is 0 Å². The lowest BCUT2D eigenvalue weighted by Crippen LogP contribution is -2.32. The molecule has 2 aliphatic rings. The Hall–Kier alpha value is -1.94. The monoisotopic (exact) mass is 452 g/mol. The third kappa shape index (κ3) is 4.85. The van der Waals surface area contributed by atoms with Crippen molar-refractivity contribution in [3.8, 4) is 0 Å². The van der Waals surface area contributed by atoms with Gasteiger partial charge in [-0.05, 0) is 43.9 Å². The van der Waals surface area contributed by atoms with Crippen molar-refractivity contribution in [3.63, 3.8) is 0 Å². The summed E-state index contributed by atoms with van der Waals surface area (Å²) in [6, 6.07) is 4.23. The third-order valence-corrected chi connectivity index (χ3v) is 7.30. The lowest BCUT2D eigenvalue weighted by molar-refractivity contribution is 0.0950. The van der Waals surface area contributed by atoms with Crippen molar-refractivity contribution in [3.05, 3.63) is 46.5 Å². The van der Waals surface area contributed by atoms with Crippen LogP contribution in [0.2, 0.25) is 5.02 Å². The van der Waals surface area contributed by atoms with E-state index in [2.05, 4.69) is 19.6 Å². The van der Waals surface area contributed by atoms with Crippen LogP contribution in [-0.2, 0) is 34.3 Å². The summed E-state index contributed by atoms with van der Waals surface area (Å²) in [5.41, 5.74) is 1.01. The lowest BCUT2D eigenvalue weighted by atomic mass is 10.2. The Morgan fingerprint density at radius 3 is 2.93 bits per heavy atom. The smallest absolute Gasteiger partial charge is 0.251 e. The zero-order chi connectivity index (χ0) is 21.1. The summed E-state index contributed by atoms with van der Waals surface area (Å²) in [4.78, 5) is 17.0. The van der Waals surface area contributed by atoms with Gasteiger partial charge in [-0.1, -0.05) is 11.6 Å². The SMILES string of the molecule is O=C(NCc1cn2c(n1)CCCC2)c1ccc(Cl)c(S(=O)(=O)NCC2CCCO2)c1. The Morgan fingerprint density at radius 1 is 1.30 bits per heavy atom. The topological polar surface area (TPSA) is 102 Å². The molecule has 2 aromatic rings. The number of rotatable bonds is 7. The van der Waals surface area contributed by atoms with Crippen molar-refractivity contribution in [2.75, 3.05) is 13.2 Å². The molecule has 0 radical (unpaired) electrons. The Balaban J connectivity index is 1.42. The Bertz CT molecular complexity index is 1010. The molecule has 0 spiro atoms. The fourth-order valence-corrected chi connectivity index (χ4v) is 5.36. The highest BCUT2D eigenvalue weighted by molar-refractivity contribution is 7.89. The second-order valence-electron chi connectivity index (χ2n) is 7.61. The first-order valence-electron chi connectivity index (χ1n) is 10.2. The first kappa shape index (κ1) is 21.3. The van der Waals surface area contributed by atoms with Gasteiger partial charge < -0.3 is 14.6 Å². The van der Waals surface area contributed by atoms with Gasteiger partial charge in [0.15, 0.2) is 0 Å². The number of amides is 1. The van der Waals surface area contributed by atoms with Crippen LogP contribution in [0.25, 0.3) is 0 Å².